The van der Waals surface area contributed by atoms with Gasteiger partial charge in [-0.15, -0.1) is 0 Å². The van der Waals surface area contributed by atoms with Crippen LogP contribution >= 0.6 is 15.9 Å². The van der Waals surface area contributed by atoms with Crippen molar-refractivity contribution < 1.29 is 4.79 Å². The van der Waals surface area contributed by atoms with Crippen LogP contribution in [0.4, 0.5) is 0 Å². The van der Waals surface area contributed by atoms with E-state index in [4.69, 9.17) is 5.26 Å². The van der Waals surface area contributed by atoms with Gasteiger partial charge >= 0.3 is 0 Å². The summed E-state index contributed by atoms with van der Waals surface area (Å²) in [7, 11) is 1.71. The van der Waals surface area contributed by atoms with Gasteiger partial charge in [0.15, 0.2) is 0 Å². The van der Waals surface area contributed by atoms with Crippen molar-refractivity contribution >= 4 is 21.8 Å². The Bertz CT molecular complexity index is 408. The first-order valence-electron chi connectivity index (χ1n) is 4.95. The summed E-state index contributed by atoms with van der Waals surface area (Å²) < 4.78 is 0.942. The molecule has 0 spiro atoms. The molecule has 0 radical (unpaired) electrons. The maximum atomic E-state index is 11.9. The molecule has 0 saturated carbocycles. The van der Waals surface area contributed by atoms with Crippen LogP contribution in [0.1, 0.15) is 17.3 Å². The van der Waals surface area contributed by atoms with Gasteiger partial charge in [0.25, 0.3) is 5.91 Å². The van der Waals surface area contributed by atoms with E-state index in [0.717, 1.165) is 4.47 Å². The highest BCUT2D eigenvalue weighted by Crippen LogP contribution is 2.12. The Balaban J connectivity index is 2.71. The van der Waals surface area contributed by atoms with Crippen molar-refractivity contribution in [3.63, 3.8) is 0 Å². The number of carbonyl (C=O) groups excluding carboxylic acids is 1. The SMILES string of the molecule is CC(C#N)CN(C)C(=O)c1ccc(Br)cc1. The molecule has 0 saturated heterocycles. The molecule has 1 aromatic rings. The van der Waals surface area contributed by atoms with Crippen LogP contribution in [0.2, 0.25) is 0 Å². The molecule has 1 rings (SSSR count). The number of carbonyl (C=O) groups is 1. The molecule has 0 fully saturated rings. The number of halogens is 1. The van der Waals surface area contributed by atoms with E-state index in [1.54, 1.807) is 31.0 Å². The molecule has 1 aromatic carbocycles. The predicted octanol–water partition coefficient (Wildman–Crippen LogP) is 2.68. The van der Waals surface area contributed by atoms with Gasteiger partial charge in [-0.25, -0.2) is 0 Å². The minimum atomic E-state index is -0.149. The Morgan fingerprint density at radius 3 is 2.56 bits per heavy atom. The van der Waals surface area contributed by atoms with E-state index in [-0.39, 0.29) is 11.8 Å². The minimum absolute atomic E-state index is 0.0606. The van der Waals surface area contributed by atoms with Crippen LogP contribution in [0.5, 0.6) is 0 Å². The van der Waals surface area contributed by atoms with E-state index in [2.05, 4.69) is 22.0 Å². The number of nitriles is 1. The van der Waals surface area contributed by atoms with E-state index in [9.17, 15) is 4.79 Å². The van der Waals surface area contributed by atoms with Gasteiger partial charge in [-0.05, 0) is 31.2 Å². The molecule has 0 N–H and O–H groups in total. The quantitative estimate of drug-likeness (QED) is 0.855. The number of rotatable bonds is 3. The van der Waals surface area contributed by atoms with Crippen LogP contribution in [-0.2, 0) is 0 Å². The van der Waals surface area contributed by atoms with Crippen molar-refractivity contribution in [2.75, 3.05) is 13.6 Å². The molecule has 0 heterocycles. The van der Waals surface area contributed by atoms with E-state index >= 15 is 0 Å². The highest BCUT2D eigenvalue weighted by atomic mass is 79.9. The summed E-state index contributed by atoms with van der Waals surface area (Å²) >= 11 is 3.32. The summed E-state index contributed by atoms with van der Waals surface area (Å²) in [5, 5.41) is 8.68. The average molecular weight is 281 g/mol. The second-order valence-corrected chi connectivity index (χ2v) is 4.64. The third-order valence-electron chi connectivity index (χ3n) is 2.21. The largest absolute Gasteiger partial charge is 0.340 e. The first kappa shape index (κ1) is 12.7. The third-order valence-corrected chi connectivity index (χ3v) is 2.73. The topological polar surface area (TPSA) is 44.1 Å². The molecular formula is C12H13BrN2O. The van der Waals surface area contributed by atoms with E-state index in [0.29, 0.717) is 12.1 Å². The molecule has 0 aliphatic carbocycles. The zero-order valence-corrected chi connectivity index (χ0v) is 10.9. The Morgan fingerprint density at radius 2 is 2.06 bits per heavy atom. The fraction of sp³-hybridized carbons (Fsp3) is 0.333. The standard InChI is InChI=1S/C12H13BrN2O/c1-9(7-14)8-15(2)12(16)10-3-5-11(13)6-4-10/h3-6,9H,8H2,1-2H3. The third kappa shape index (κ3) is 3.35. The van der Waals surface area contributed by atoms with Crippen LogP contribution < -0.4 is 0 Å². The summed E-state index contributed by atoms with van der Waals surface area (Å²) in [6.45, 7) is 2.25. The highest BCUT2D eigenvalue weighted by molar-refractivity contribution is 9.10. The zero-order valence-electron chi connectivity index (χ0n) is 9.27. The second-order valence-electron chi connectivity index (χ2n) is 3.72. The molecular weight excluding hydrogens is 268 g/mol. The molecule has 4 heteroatoms. The minimum Gasteiger partial charge on any atom is -0.340 e. The van der Waals surface area contributed by atoms with Crippen molar-refractivity contribution in [2.45, 2.75) is 6.92 Å². The molecule has 0 aromatic heterocycles. The number of nitrogens with zero attached hydrogens (tertiary/aromatic N) is 2. The smallest absolute Gasteiger partial charge is 0.253 e. The van der Waals surface area contributed by atoms with E-state index in [1.165, 1.54) is 0 Å². The van der Waals surface area contributed by atoms with Crippen LogP contribution in [0.25, 0.3) is 0 Å². The molecule has 1 atom stereocenters. The normalized spacial score (nSPS) is 11.6. The number of hydrogen-bond donors (Lipinski definition) is 0. The van der Waals surface area contributed by atoms with Gasteiger partial charge in [-0.2, -0.15) is 5.26 Å². The Kier molecular flexibility index (Phi) is 4.51. The number of benzene rings is 1. The van der Waals surface area contributed by atoms with Gasteiger partial charge in [-0.3, -0.25) is 4.79 Å². The Hall–Kier alpha value is -1.34. The molecule has 0 aliphatic heterocycles. The average Bonchev–Trinajstić information content (AvgIpc) is 2.28. The van der Waals surface area contributed by atoms with Crippen molar-refractivity contribution in [3.05, 3.63) is 34.3 Å². The first-order valence-corrected chi connectivity index (χ1v) is 5.74. The van der Waals surface area contributed by atoms with Gasteiger partial charge < -0.3 is 4.90 Å². The maximum absolute atomic E-state index is 11.9. The summed E-state index contributed by atoms with van der Waals surface area (Å²) in [6.07, 6.45) is 0. The molecule has 84 valence electrons. The molecule has 1 unspecified atom stereocenters. The summed E-state index contributed by atoms with van der Waals surface area (Å²) in [6, 6.07) is 9.29. The van der Waals surface area contributed by atoms with Crippen molar-refractivity contribution in [1.82, 2.24) is 4.90 Å². The van der Waals surface area contributed by atoms with Gasteiger partial charge in [0.05, 0.1) is 12.0 Å². The number of amides is 1. The van der Waals surface area contributed by atoms with Crippen molar-refractivity contribution in [2.24, 2.45) is 5.92 Å². The maximum Gasteiger partial charge on any atom is 0.253 e. The van der Waals surface area contributed by atoms with Gasteiger partial charge in [0.2, 0.25) is 0 Å². The lowest BCUT2D eigenvalue weighted by atomic mass is 10.1. The molecule has 16 heavy (non-hydrogen) atoms. The fourth-order valence-electron chi connectivity index (χ4n) is 1.35. The second kappa shape index (κ2) is 5.66. The van der Waals surface area contributed by atoms with Gasteiger partial charge in [0.1, 0.15) is 0 Å². The Labute approximate surface area is 104 Å². The highest BCUT2D eigenvalue weighted by Gasteiger charge is 2.13. The molecule has 3 nitrogen and oxygen atoms in total. The lowest BCUT2D eigenvalue weighted by Crippen LogP contribution is -2.30. The van der Waals surface area contributed by atoms with E-state index < -0.39 is 0 Å². The first-order chi connectivity index (χ1) is 7.54. The monoisotopic (exact) mass is 280 g/mol. The van der Waals surface area contributed by atoms with Crippen LogP contribution in [0.3, 0.4) is 0 Å². The van der Waals surface area contributed by atoms with Crippen LogP contribution in [0, 0.1) is 17.2 Å². The lowest BCUT2D eigenvalue weighted by molar-refractivity contribution is 0.0785. The van der Waals surface area contributed by atoms with Crippen LogP contribution in [0.15, 0.2) is 28.7 Å². The Morgan fingerprint density at radius 1 is 1.50 bits per heavy atom. The lowest BCUT2D eigenvalue weighted by Gasteiger charge is -2.18. The summed E-state index contributed by atoms with van der Waals surface area (Å²) in [5.74, 6) is -0.209. The molecule has 1 amide bonds. The fourth-order valence-corrected chi connectivity index (χ4v) is 1.61. The molecule has 0 bridgehead atoms. The summed E-state index contributed by atoms with van der Waals surface area (Å²) in [4.78, 5) is 13.5. The van der Waals surface area contributed by atoms with Crippen molar-refractivity contribution in [1.29, 1.82) is 5.26 Å². The van der Waals surface area contributed by atoms with E-state index in [1.807, 2.05) is 12.1 Å². The van der Waals surface area contributed by atoms with Crippen molar-refractivity contribution in [3.8, 4) is 6.07 Å². The number of hydrogen-bond acceptors (Lipinski definition) is 2. The van der Waals surface area contributed by atoms with Gasteiger partial charge in [-0.1, -0.05) is 15.9 Å². The van der Waals surface area contributed by atoms with Gasteiger partial charge in [0, 0.05) is 23.6 Å². The summed E-state index contributed by atoms with van der Waals surface area (Å²) in [5.41, 5.74) is 0.635. The molecule has 0 aliphatic rings. The zero-order chi connectivity index (χ0) is 12.1. The predicted molar refractivity (Wildman–Crippen MR) is 65.9 cm³/mol. The van der Waals surface area contributed by atoms with Crippen LogP contribution in [-0.4, -0.2) is 24.4 Å².